The van der Waals surface area contributed by atoms with Crippen LogP contribution in [0.5, 0.6) is 0 Å². The Morgan fingerprint density at radius 3 is 2.18 bits per heavy atom. The molecule has 3 heteroatoms. The van der Waals surface area contributed by atoms with E-state index < -0.39 is 0 Å². The maximum absolute atomic E-state index is 12.3. The van der Waals surface area contributed by atoms with Gasteiger partial charge in [0.1, 0.15) is 12.8 Å². The number of Topliss-reactive ketones (excluding diaryl/α,β-unsaturated/α-hetero) is 1. The van der Waals surface area contributed by atoms with Gasteiger partial charge in [-0.2, -0.15) is 4.58 Å². The summed E-state index contributed by atoms with van der Waals surface area (Å²) in [4.78, 5) is 14.8. The van der Waals surface area contributed by atoms with Crippen LogP contribution in [-0.2, 0) is 15.6 Å². The number of fused-ring (bicyclic) bond motifs is 2. The number of benzene rings is 2. The number of nitrogens with zero attached hydrogens (tertiary/aromatic N) is 2. The maximum atomic E-state index is 12.3. The van der Waals surface area contributed by atoms with Gasteiger partial charge in [-0.05, 0) is 44.4 Å². The molecule has 0 bridgehead atoms. The molecule has 0 N–H and O–H groups in total. The number of unbranched alkanes of at least 4 members (excludes halogenated alkanes) is 3. The standard InChI is InChI=1S/C35H47N2O/c1-33(2,3)32(38)24-11-9-10-16-25-37-29-21-15-13-19-27(29)35(6,7)31(37)23-17-22-30-34(4,5)26-18-12-14-20-28(26)36(30)8/h12-15,17-23H,9-11,16,24-25H2,1-8H3/q+1. The van der Waals surface area contributed by atoms with Crippen LogP contribution in [0.1, 0.15) is 91.7 Å². The summed E-state index contributed by atoms with van der Waals surface area (Å²) in [6.07, 6.45) is 12.0. The van der Waals surface area contributed by atoms with Crippen LogP contribution in [-0.4, -0.2) is 29.7 Å². The molecule has 0 fully saturated rings. The second kappa shape index (κ2) is 10.7. The van der Waals surface area contributed by atoms with Gasteiger partial charge in [-0.15, -0.1) is 0 Å². The van der Waals surface area contributed by atoms with Gasteiger partial charge in [0, 0.05) is 52.9 Å². The van der Waals surface area contributed by atoms with Crippen molar-refractivity contribution in [2.24, 2.45) is 5.41 Å². The lowest BCUT2D eigenvalue weighted by molar-refractivity contribution is -0.401. The van der Waals surface area contributed by atoms with E-state index >= 15 is 0 Å². The molecule has 0 amide bonds. The number of para-hydroxylation sites is 2. The lowest BCUT2D eigenvalue weighted by atomic mass is 9.81. The van der Waals surface area contributed by atoms with Crippen molar-refractivity contribution in [2.75, 3.05) is 18.5 Å². The van der Waals surface area contributed by atoms with Crippen LogP contribution >= 0.6 is 0 Å². The van der Waals surface area contributed by atoms with Crippen LogP contribution in [0.2, 0.25) is 0 Å². The van der Waals surface area contributed by atoms with E-state index in [9.17, 15) is 4.79 Å². The van der Waals surface area contributed by atoms with Gasteiger partial charge in [0.15, 0.2) is 5.71 Å². The zero-order valence-electron chi connectivity index (χ0n) is 24.9. The Bertz CT molecular complexity index is 1280. The molecular formula is C35H47N2O+. The lowest BCUT2D eigenvalue weighted by Crippen LogP contribution is -2.27. The summed E-state index contributed by atoms with van der Waals surface area (Å²) in [5, 5.41) is 0. The highest BCUT2D eigenvalue weighted by atomic mass is 16.1. The van der Waals surface area contributed by atoms with E-state index in [1.54, 1.807) is 0 Å². The van der Waals surface area contributed by atoms with Crippen molar-refractivity contribution in [1.82, 2.24) is 0 Å². The minimum atomic E-state index is -0.221. The van der Waals surface area contributed by atoms with Gasteiger partial charge in [-0.25, -0.2) is 0 Å². The highest BCUT2D eigenvalue weighted by molar-refractivity contribution is 6.03. The molecule has 0 saturated carbocycles. The zero-order valence-corrected chi connectivity index (χ0v) is 24.9. The molecular weight excluding hydrogens is 464 g/mol. The topological polar surface area (TPSA) is 23.3 Å². The summed E-state index contributed by atoms with van der Waals surface area (Å²) < 4.78 is 2.33. The Morgan fingerprint density at radius 1 is 0.868 bits per heavy atom. The first-order valence-electron chi connectivity index (χ1n) is 14.4. The van der Waals surface area contributed by atoms with Gasteiger partial charge >= 0.3 is 0 Å². The third kappa shape index (κ3) is 5.30. The maximum Gasteiger partial charge on any atom is 0.209 e. The Kier molecular flexibility index (Phi) is 7.89. The van der Waals surface area contributed by atoms with Crippen LogP contribution in [0.15, 0.2) is 72.5 Å². The molecule has 2 heterocycles. The lowest BCUT2D eigenvalue weighted by Gasteiger charge is -2.27. The van der Waals surface area contributed by atoms with Crippen LogP contribution in [0.4, 0.5) is 11.4 Å². The van der Waals surface area contributed by atoms with E-state index in [1.807, 2.05) is 20.8 Å². The summed E-state index contributed by atoms with van der Waals surface area (Å²) >= 11 is 0. The highest BCUT2D eigenvalue weighted by Crippen LogP contribution is 2.47. The summed E-state index contributed by atoms with van der Waals surface area (Å²) in [5.41, 5.74) is 7.79. The van der Waals surface area contributed by atoms with Crippen molar-refractivity contribution in [3.05, 3.63) is 83.6 Å². The fraction of sp³-hybridized carbons (Fsp3) is 0.486. The predicted octanol–water partition coefficient (Wildman–Crippen LogP) is 8.50. The number of carbonyl (C=O) groups excluding carboxylic acids is 1. The summed E-state index contributed by atoms with van der Waals surface area (Å²) in [6, 6.07) is 17.6. The molecule has 202 valence electrons. The number of hydrogen-bond acceptors (Lipinski definition) is 2. The first-order valence-corrected chi connectivity index (χ1v) is 14.4. The molecule has 2 aromatic carbocycles. The zero-order chi connectivity index (χ0) is 27.7. The fourth-order valence-corrected chi connectivity index (χ4v) is 6.20. The first kappa shape index (κ1) is 28.1. The largest absolute Gasteiger partial charge is 0.344 e. The molecule has 0 spiro atoms. The summed E-state index contributed by atoms with van der Waals surface area (Å²) in [5.74, 6) is 0.377. The Hall–Kier alpha value is -2.94. The molecule has 0 aromatic heterocycles. The number of allylic oxidation sites excluding steroid dienone is 4. The van der Waals surface area contributed by atoms with Gasteiger partial charge < -0.3 is 4.90 Å². The fourth-order valence-electron chi connectivity index (χ4n) is 6.20. The molecule has 38 heavy (non-hydrogen) atoms. The second-order valence-corrected chi connectivity index (χ2v) is 13.1. The van der Waals surface area contributed by atoms with Crippen molar-refractivity contribution < 1.29 is 9.37 Å². The Labute approximate surface area is 231 Å². The molecule has 0 unspecified atom stereocenters. The number of anilines is 1. The van der Waals surface area contributed by atoms with Crippen molar-refractivity contribution in [1.29, 1.82) is 0 Å². The van der Waals surface area contributed by atoms with Gasteiger partial charge in [0.05, 0.1) is 5.41 Å². The monoisotopic (exact) mass is 511 g/mol. The third-order valence-electron chi connectivity index (χ3n) is 8.62. The van der Waals surface area contributed by atoms with E-state index in [0.29, 0.717) is 12.2 Å². The molecule has 0 aliphatic carbocycles. The smallest absolute Gasteiger partial charge is 0.209 e. The van der Waals surface area contributed by atoms with Gasteiger partial charge in [0.2, 0.25) is 5.69 Å². The van der Waals surface area contributed by atoms with E-state index in [2.05, 4.69) is 111 Å². The minimum absolute atomic E-state index is 0.0252. The first-order chi connectivity index (χ1) is 17.9. The minimum Gasteiger partial charge on any atom is -0.344 e. The number of ketones is 1. The predicted molar refractivity (Wildman–Crippen MR) is 162 cm³/mol. The Morgan fingerprint density at radius 2 is 1.50 bits per heavy atom. The van der Waals surface area contributed by atoms with Crippen LogP contribution in [0.3, 0.4) is 0 Å². The molecule has 0 saturated heterocycles. The SMILES string of the molecule is C[N+]1=C(/C=C/C=C2/N(CCCCCCC(=O)C(C)(C)C)c3ccccc3C2(C)C)C(C)(C)c2ccccc21. The van der Waals surface area contributed by atoms with Gasteiger partial charge in [-0.1, -0.05) is 89.9 Å². The molecule has 0 radical (unpaired) electrons. The quantitative estimate of drug-likeness (QED) is 0.249. The van der Waals surface area contributed by atoms with E-state index in [4.69, 9.17) is 0 Å². The molecule has 3 nitrogen and oxygen atoms in total. The van der Waals surface area contributed by atoms with E-state index in [0.717, 1.165) is 32.2 Å². The molecule has 0 atom stereocenters. The normalized spacial score (nSPS) is 18.9. The number of rotatable bonds is 9. The Balaban J connectivity index is 1.50. The van der Waals surface area contributed by atoms with Crippen molar-refractivity contribution >= 4 is 22.9 Å². The molecule has 2 aromatic rings. The summed E-state index contributed by atoms with van der Waals surface area (Å²) in [7, 11) is 2.18. The van der Waals surface area contributed by atoms with E-state index in [1.165, 1.54) is 33.9 Å². The molecule has 2 aliphatic heterocycles. The molecule has 2 aliphatic rings. The van der Waals surface area contributed by atoms with Crippen molar-refractivity contribution in [3.8, 4) is 0 Å². The van der Waals surface area contributed by atoms with Crippen LogP contribution in [0, 0.1) is 5.41 Å². The second-order valence-electron chi connectivity index (χ2n) is 13.1. The average molecular weight is 512 g/mol. The van der Waals surface area contributed by atoms with E-state index in [-0.39, 0.29) is 16.2 Å². The average Bonchev–Trinajstić information content (AvgIpc) is 3.20. The van der Waals surface area contributed by atoms with Gasteiger partial charge in [0.25, 0.3) is 0 Å². The summed E-state index contributed by atoms with van der Waals surface area (Å²) in [6.45, 7) is 16.4. The van der Waals surface area contributed by atoms with Crippen LogP contribution < -0.4 is 4.90 Å². The van der Waals surface area contributed by atoms with Crippen molar-refractivity contribution in [2.45, 2.75) is 91.4 Å². The highest BCUT2D eigenvalue weighted by Gasteiger charge is 2.43. The van der Waals surface area contributed by atoms with Gasteiger partial charge in [-0.3, -0.25) is 4.79 Å². The number of hydrogen-bond donors (Lipinski definition) is 0. The molecule has 4 rings (SSSR count). The van der Waals surface area contributed by atoms with Crippen LogP contribution in [0.25, 0.3) is 0 Å². The number of carbonyl (C=O) groups is 1. The van der Waals surface area contributed by atoms with Crippen molar-refractivity contribution in [3.63, 3.8) is 0 Å². The third-order valence-corrected chi connectivity index (χ3v) is 8.62.